The SMILES string of the molecule is NCCCCC(N)C(=O)NC(CCCN=C(N)N)C(=O)NC(CC(=O)O)C(=O)NC(CCC(N)=O)C(=O)O. The predicted molar refractivity (Wildman–Crippen MR) is 135 cm³/mol. The maximum absolute atomic E-state index is 13.0. The van der Waals surface area contributed by atoms with Gasteiger partial charge in [0.05, 0.1) is 12.5 Å². The van der Waals surface area contributed by atoms with E-state index >= 15 is 0 Å². The second-order valence-corrected chi connectivity index (χ2v) is 8.46. The highest BCUT2D eigenvalue weighted by Gasteiger charge is 2.31. The molecule has 0 radical (unpaired) electrons. The molecule has 0 aliphatic carbocycles. The number of nitrogens with two attached hydrogens (primary N) is 5. The first-order valence-electron chi connectivity index (χ1n) is 11.9. The third kappa shape index (κ3) is 15.2. The minimum absolute atomic E-state index is 0.00163. The van der Waals surface area contributed by atoms with Gasteiger partial charge in [0.2, 0.25) is 23.6 Å². The quantitative estimate of drug-likeness (QED) is 0.0395. The number of rotatable bonds is 20. The van der Waals surface area contributed by atoms with Gasteiger partial charge in [-0.1, -0.05) is 6.42 Å². The summed E-state index contributed by atoms with van der Waals surface area (Å²) in [5, 5.41) is 25.3. The molecule has 4 atom stereocenters. The zero-order valence-electron chi connectivity index (χ0n) is 21.1. The van der Waals surface area contributed by atoms with Gasteiger partial charge in [0.25, 0.3) is 0 Å². The first kappa shape index (κ1) is 34.0. The number of hydrogen-bond acceptors (Lipinski definition) is 9. The molecule has 38 heavy (non-hydrogen) atoms. The van der Waals surface area contributed by atoms with Crippen molar-refractivity contribution in [1.82, 2.24) is 16.0 Å². The Labute approximate surface area is 219 Å². The Hall–Kier alpha value is -3.99. The number of aliphatic carboxylic acids is 2. The molecular weight excluding hydrogens is 506 g/mol. The topological polar surface area (TPSA) is 321 Å². The minimum Gasteiger partial charge on any atom is -0.481 e. The van der Waals surface area contributed by atoms with E-state index in [-0.39, 0.29) is 38.2 Å². The summed E-state index contributed by atoms with van der Waals surface area (Å²) in [5.74, 6) is -6.64. The van der Waals surface area contributed by atoms with Gasteiger partial charge in [-0.3, -0.25) is 29.0 Å². The summed E-state index contributed by atoms with van der Waals surface area (Å²) >= 11 is 0. The molecule has 17 heteroatoms. The van der Waals surface area contributed by atoms with Crippen LogP contribution in [0.3, 0.4) is 0 Å². The monoisotopic (exact) mass is 545 g/mol. The van der Waals surface area contributed by atoms with E-state index in [0.717, 1.165) is 0 Å². The highest BCUT2D eigenvalue weighted by molar-refractivity contribution is 5.95. The Morgan fingerprint density at radius 2 is 1.32 bits per heavy atom. The molecule has 0 aromatic carbocycles. The van der Waals surface area contributed by atoms with E-state index in [1.165, 1.54) is 0 Å². The Morgan fingerprint density at radius 1 is 0.737 bits per heavy atom. The lowest BCUT2D eigenvalue weighted by Crippen LogP contribution is -2.57. The number of carboxylic acids is 2. The van der Waals surface area contributed by atoms with Crippen molar-refractivity contribution in [1.29, 1.82) is 0 Å². The Balaban J connectivity index is 5.60. The number of unbranched alkanes of at least 4 members (excludes halogenated alkanes) is 1. The van der Waals surface area contributed by atoms with Crippen molar-refractivity contribution in [2.75, 3.05) is 13.1 Å². The summed E-state index contributed by atoms with van der Waals surface area (Å²) in [6, 6.07) is -5.46. The van der Waals surface area contributed by atoms with Gasteiger partial charge in [-0.25, -0.2) is 4.79 Å². The van der Waals surface area contributed by atoms with Crippen LogP contribution in [0.2, 0.25) is 0 Å². The van der Waals surface area contributed by atoms with Crippen LogP contribution in [0.5, 0.6) is 0 Å². The summed E-state index contributed by atoms with van der Waals surface area (Å²) in [5.41, 5.74) is 26.9. The number of nitrogens with one attached hydrogen (secondary N) is 3. The van der Waals surface area contributed by atoms with E-state index in [9.17, 15) is 39.0 Å². The second-order valence-electron chi connectivity index (χ2n) is 8.46. The van der Waals surface area contributed by atoms with Crippen molar-refractivity contribution in [3.05, 3.63) is 0 Å². The fourth-order valence-corrected chi connectivity index (χ4v) is 3.16. The first-order valence-corrected chi connectivity index (χ1v) is 11.9. The fourth-order valence-electron chi connectivity index (χ4n) is 3.16. The molecule has 0 spiro atoms. The number of aliphatic imine (C=N–C) groups is 1. The highest BCUT2D eigenvalue weighted by atomic mass is 16.4. The van der Waals surface area contributed by atoms with Gasteiger partial charge < -0.3 is 54.8 Å². The van der Waals surface area contributed by atoms with Gasteiger partial charge >= 0.3 is 11.9 Å². The molecule has 0 rings (SSSR count). The first-order chi connectivity index (χ1) is 17.8. The van der Waals surface area contributed by atoms with Crippen LogP contribution < -0.4 is 44.6 Å². The van der Waals surface area contributed by atoms with E-state index in [4.69, 9.17) is 28.7 Å². The maximum atomic E-state index is 13.0. The molecule has 4 unspecified atom stereocenters. The van der Waals surface area contributed by atoms with E-state index in [1.807, 2.05) is 0 Å². The molecule has 0 heterocycles. The molecule has 0 aromatic heterocycles. The maximum Gasteiger partial charge on any atom is 0.326 e. The van der Waals surface area contributed by atoms with Gasteiger partial charge in [0.1, 0.15) is 18.1 Å². The number of nitrogens with zero attached hydrogens (tertiary/aromatic N) is 1. The lowest BCUT2D eigenvalue weighted by molar-refractivity contribution is -0.143. The molecule has 0 bridgehead atoms. The van der Waals surface area contributed by atoms with Crippen LogP contribution in [-0.4, -0.2) is 89.0 Å². The molecule has 4 amide bonds. The average Bonchev–Trinajstić information content (AvgIpc) is 2.82. The molecule has 0 fully saturated rings. The van der Waals surface area contributed by atoms with Crippen molar-refractivity contribution in [3.63, 3.8) is 0 Å². The number of carboxylic acid groups (broad SMARTS) is 2. The standard InChI is InChI=1S/C21H39N9O8/c22-8-2-1-4-11(23)17(34)28-12(5-3-9-27-21(25)26)18(35)30-14(10-16(32)33)19(36)29-13(20(37)38)6-7-15(24)31/h11-14H,1-10,22-23H2,(H2,24,31)(H,28,34)(H,29,36)(H,30,35)(H,32,33)(H,37,38)(H4,25,26,27). The summed E-state index contributed by atoms with van der Waals surface area (Å²) in [6.45, 7) is 0.534. The van der Waals surface area contributed by atoms with E-state index in [2.05, 4.69) is 20.9 Å². The zero-order chi connectivity index (χ0) is 29.3. The van der Waals surface area contributed by atoms with E-state index < -0.39 is 66.2 Å². The van der Waals surface area contributed by atoms with Crippen LogP contribution in [-0.2, 0) is 28.8 Å². The fraction of sp³-hybridized carbons (Fsp3) is 0.667. The minimum atomic E-state index is -1.70. The Bertz CT molecular complexity index is 864. The third-order valence-corrected chi connectivity index (χ3v) is 5.19. The normalized spacial score (nSPS) is 13.7. The van der Waals surface area contributed by atoms with Crippen molar-refractivity contribution in [2.24, 2.45) is 33.7 Å². The van der Waals surface area contributed by atoms with E-state index in [1.54, 1.807) is 0 Å². The molecule has 0 saturated heterocycles. The van der Waals surface area contributed by atoms with Gasteiger partial charge in [-0.05, 0) is 38.6 Å². The van der Waals surface area contributed by atoms with Crippen molar-refractivity contribution >= 4 is 41.5 Å². The Morgan fingerprint density at radius 3 is 1.84 bits per heavy atom. The van der Waals surface area contributed by atoms with Crippen molar-refractivity contribution in [3.8, 4) is 0 Å². The molecule has 17 nitrogen and oxygen atoms in total. The van der Waals surface area contributed by atoms with Gasteiger partial charge in [0, 0.05) is 13.0 Å². The smallest absolute Gasteiger partial charge is 0.326 e. The van der Waals surface area contributed by atoms with Crippen LogP contribution in [0.1, 0.15) is 51.4 Å². The van der Waals surface area contributed by atoms with Gasteiger partial charge in [-0.2, -0.15) is 0 Å². The largest absolute Gasteiger partial charge is 0.481 e. The number of primary amides is 1. The summed E-state index contributed by atoms with van der Waals surface area (Å²) < 4.78 is 0. The zero-order valence-corrected chi connectivity index (χ0v) is 21.1. The molecular formula is C21H39N9O8. The lowest BCUT2D eigenvalue weighted by Gasteiger charge is -2.24. The number of amides is 4. The number of carbonyl (C=O) groups excluding carboxylic acids is 4. The average molecular weight is 546 g/mol. The van der Waals surface area contributed by atoms with Gasteiger partial charge in [-0.15, -0.1) is 0 Å². The third-order valence-electron chi connectivity index (χ3n) is 5.19. The van der Waals surface area contributed by atoms with Crippen molar-refractivity contribution < 1.29 is 39.0 Å². The molecule has 0 aromatic rings. The summed E-state index contributed by atoms with van der Waals surface area (Å²) in [4.78, 5) is 75.7. The molecule has 0 aliphatic rings. The second kappa shape index (κ2) is 18.3. The van der Waals surface area contributed by atoms with Crippen LogP contribution >= 0.6 is 0 Å². The summed E-state index contributed by atoms with van der Waals surface area (Å²) in [7, 11) is 0. The summed E-state index contributed by atoms with van der Waals surface area (Å²) in [6.07, 6.45) is 0.146. The van der Waals surface area contributed by atoms with Crippen LogP contribution in [0.4, 0.5) is 0 Å². The number of guanidine groups is 1. The number of hydrogen-bond donors (Lipinski definition) is 10. The van der Waals surface area contributed by atoms with Gasteiger partial charge in [0.15, 0.2) is 5.96 Å². The molecule has 0 aliphatic heterocycles. The highest BCUT2D eigenvalue weighted by Crippen LogP contribution is 2.05. The molecule has 0 saturated carbocycles. The van der Waals surface area contributed by atoms with Crippen LogP contribution in [0.25, 0.3) is 0 Å². The Kier molecular flexibility index (Phi) is 16.4. The van der Waals surface area contributed by atoms with Crippen molar-refractivity contribution in [2.45, 2.75) is 75.5 Å². The van der Waals surface area contributed by atoms with Crippen LogP contribution in [0.15, 0.2) is 4.99 Å². The number of carbonyl (C=O) groups is 6. The molecule has 15 N–H and O–H groups in total. The molecule has 216 valence electrons. The van der Waals surface area contributed by atoms with E-state index in [0.29, 0.717) is 25.8 Å². The lowest BCUT2D eigenvalue weighted by atomic mass is 10.1. The van der Waals surface area contributed by atoms with Crippen LogP contribution in [0, 0.1) is 0 Å². The predicted octanol–water partition coefficient (Wildman–Crippen LogP) is -4.22.